The van der Waals surface area contributed by atoms with Crippen LogP contribution in [0.3, 0.4) is 0 Å². The fourth-order valence-electron chi connectivity index (χ4n) is 2.64. The lowest BCUT2D eigenvalue weighted by atomic mass is 9.86. The van der Waals surface area contributed by atoms with Crippen molar-refractivity contribution in [1.82, 2.24) is 9.88 Å². The van der Waals surface area contributed by atoms with Crippen LogP contribution < -0.4 is 0 Å². The molecule has 3 nitrogen and oxygen atoms in total. The van der Waals surface area contributed by atoms with E-state index in [4.69, 9.17) is 5.11 Å². The highest BCUT2D eigenvalue weighted by Crippen LogP contribution is 2.38. The minimum atomic E-state index is 0.274. The van der Waals surface area contributed by atoms with Crippen molar-refractivity contribution in [1.29, 1.82) is 0 Å². The van der Waals surface area contributed by atoms with Crippen molar-refractivity contribution < 1.29 is 5.11 Å². The summed E-state index contributed by atoms with van der Waals surface area (Å²) >= 11 is 1.89. The molecule has 0 spiro atoms. The molecule has 1 aromatic heterocycles. The summed E-state index contributed by atoms with van der Waals surface area (Å²) in [6.07, 6.45) is 6.93. The summed E-state index contributed by atoms with van der Waals surface area (Å²) in [6.45, 7) is 10.1. The zero-order valence-electron chi connectivity index (χ0n) is 13.1. The summed E-state index contributed by atoms with van der Waals surface area (Å²) < 4.78 is 0. The Morgan fingerprint density at radius 2 is 2.15 bits per heavy atom. The third kappa shape index (κ3) is 4.83. The minimum Gasteiger partial charge on any atom is -0.396 e. The van der Waals surface area contributed by atoms with Gasteiger partial charge in [0.25, 0.3) is 0 Å². The lowest BCUT2D eigenvalue weighted by Gasteiger charge is -2.29. The Labute approximate surface area is 127 Å². The third-order valence-electron chi connectivity index (χ3n) is 3.74. The molecule has 0 aliphatic heterocycles. The lowest BCUT2D eigenvalue weighted by molar-refractivity contribution is 0.167. The van der Waals surface area contributed by atoms with Gasteiger partial charge in [0.1, 0.15) is 0 Å². The summed E-state index contributed by atoms with van der Waals surface area (Å²) in [5.41, 5.74) is 0.289. The number of hydrogen-bond acceptors (Lipinski definition) is 4. The van der Waals surface area contributed by atoms with E-state index in [1.54, 1.807) is 0 Å². The average molecular weight is 296 g/mol. The minimum absolute atomic E-state index is 0.274. The van der Waals surface area contributed by atoms with Crippen LogP contribution in [0.1, 0.15) is 62.3 Å². The predicted octanol–water partition coefficient (Wildman–Crippen LogP) is 3.64. The molecule has 0 aromatic carbocycles. The Balaban J connectivity index is 1.93. The van der Waals surface area contributed by atoms with Gasteiger partial charge in [-0.25, -0.2) is 4.98 Å². The number of aliphatic hydroxyl groups excluding tert-OH is 1. The maximum Gasteiger partial charge on any atom is 0.0959 e. The van der Waals surface area contributed by atoms with Crippen LogP contribution in [-0.4, -0.2) is 34.7 Å². The normalized spacial score (nSPS) is 16.6. The maximum absolute atomic E-state index is 9.06. The third-order valence-corrected chi connectivity index (χ3v) is 4.88. The Morgan fingerprint density at radius 1 is 1.40 bits per heavy atom. The van der Waals surface area contributed by atoms with Crippen LogP contribution in [-0.2, 0) is 6.54 Å². The van der Waals surface area contributed by atoms with E-state index in [0.29, 0.717) is 0 Å². The van der Waals surface area contributed by atoms with Gasteiger partial charge in [0, 0.05) is 43.2 Å². The molecule has 4 heteroatoms. The summed E-state index contributed by atoms with van der Waals surface area (Å²) in [5.74, 6) is 0.738. The highest BCUT2D eigenvalue weighted by Gasteiger charge is 2.23. The molecule has 2 rings (SSSR count). The molecule has 114 valence electrons. The van der Waals surface area contributed by atoms with E-state index in [9.17, 15) is 0 Å². The molecule has 0 saturated heterocycles. The van der Waals surface area contributed by atoms with Crippen LogP contribution in [0.2, 0.25) is 0 Å². The summed E-state index contributed by atoms with van der Waals surface area (Å²) in [4.78, 5) is 8.43. The zero-order valence-corrected chi connectivity index (χ0v) is 13.9. The van der Waals surface area contributed by atoms with Crippen LogP contribution in [0.4, 0.5) is 0 Å². The van der Waals surface area contributed by atoms with Crippen molar-refractivity contribution in [2.75, 3.05) is 19.7 Å². The standard InChI is InChI=1S/C16H28N2OS/c1-16(2,3)12-18(8-5-9-19)11-14-10-17-15(20-14)13-6-4-7-13/h10,13,19H,4-9,11-12H2,1-3H3. The van der Waals surface area contributed by atoms with Crippen LogP contribution in [0.15, 0.2) is 6.20 Å². The van der Waals surface area contributed by atoms with Crippen molar-refractivity contribution >= 4 is 11.3 Å². The number of hydrogen-bond donors (Lipinski definition) is 1. The van der Waals surface area contributed by atoms with Gasteiger partial charge in [0.2, 0.25) is 0 Å². The van der Waals surface area contributed by atoms with Crippen molar-refractivity contribution in [3.63, 3.8) is 0 Å². The van der Waals surface area contributed by atoms with E-state index in [0.717, 1.165) is 32.0 Å². The van der Waals surface area contributed by atoms with Crippen LogP contribution in [0.25, 0.3) is 0 Å². The van der Waals surface area contributed by atoms with Gasteiger partial charge in [-0.2, -0.15) is 0 Å². The first-order valence-electron chi connectivity index (χ1n) is 7.76. The molecular formula is C16H28N2OS. The highest BCUT2D eigenvalue weighted by molar-refractivity contribution is 7.11. The fraction of sp³-hybridized carbons (Fsp3) is 0.812. The van der Waals surface area contributed by atoms with Gasteiger partial charge in [0.15, 0.2) is 0 Å². The summed E-state index contributed by atoms with van der Waals surface area (Å²) in [6, 6.07) is 0. The Bertz CT molecular complexity index is 407. The monoisotopic (exact) mass is 296 g/mol. The molecule has 20 heavy (non-hydrogen) atoms. The molecule has 0 amide bonds. The number of thiazole rings is 1. The first-order chi connectivity index (χ1) is 9.48. The van der Waals surface area contributed by atoms with Crippen molar-refractivity contribution in [2.45, 2.75) is 58.9 Å². The van der Waals surface area contributed by atoms with Gasteiger partial charge < -0.3 is 5.11 Å². The van der Waals surface area contributed by atoms with Crippen molar-refractivity contribution in [2.24, 2.45) is 5.41 Å². The van der Waals surface area contributed by atoms with E-state index in [2.05, 4.69) is 36.9 Å². The topological polar surface area (TPSA) is 36.4 Å². The van der Waals surface area contributed by atoms with Gasteiger partial charge in [-0.3, -0.25) is 4.90 Å². The molecule has 0 atom stereocenters. The number of aliphatic hydroxyl groups is 1. The van der Waals surface area contributed by atoms with Crippen molar-refractivity contribution in [3.05, 3.63) is 16.1 Å². The zero-order chi connectivity index (χ0) is 14.6. The SMILES string of the molecule is CC(C)(C)CN(CCCO)Cc1cnc(C2CCC2)s1. The predicted molar refractivity (Wildman–Crippen MR) is 85.1 cm³/mol. The van der Waals surface area contributed by atoms with E-state index < -0.39 is 0 Å². The lowest BCUT2D eigenvalue weighted by Crippen LogP contribution is -2.33. The maximum atomic E-state index is 9.06. The molecule has 1 heterocycles. The molecule has 1 saturated carbocycles. The van der Waals surface area contributed by atoms with E-state index in [1.807, 2.05) is 11.3 Å². The van der Waals surface area contributed by atoms with Crippen molar-refractivity contribution in [3.8, 4) is 0 Å². The smallest absolute Gasteiger partial charge is 0.0959 e. The molecule has 1 aromatic rings. The number of rotatable bonds is 7. The molecule has 1 aliphatic carbocycles. The molecule has 1 fully saturated rings. The van der Waals surface area contributed by atoms with Crippen LogP contribution in [0, 0.1) is 5.41 Å². The Kier molecular flexibility index (Phi) is 5.58. The van der Waals surface area contributed by atoms with Crippen LogP contribution in [0.5, 0.6) is 0 Å². The second-order valence-electron chi connectivity index (χ2n) is 7.14. The molecular weight excluding hydrogens is 268 g/mol. The van der Waals surface area contributed by atoms with Gasteiger partial charge in [0.05, 0.1) is 5.01 Å². The largest absolute Gasteiger partial charge is 0.396 e. The number of nitrogens with zero attached hydrogens (tertiary/aromatic N) is 2. The van der Waals surface area contributed by atoms with Crippen LogP contribution >= 0.6 is 11.3 Å². The molecule has 1 N–H and O–H groups in total. The first-order valence-corrected chi connectivity index (χ1v) is 8.57. The second-order valence-corrected chi connectivity index (χ2v) is 8.29. The summed E-state index contributed by atoms with van der Waals surface area (Å²) in [7, 11) is 0. The number of aromatic nitrogens is 1. The van der Waals surface area contributed by atoms with E-state index in [1.165, 1.54) is 29.1 Å². The van der Waals surface area contributed by atoms with Gasteiger partial charge in [-0.15, -0.1) is 11.3 Å². The first kappa shape index (κ1) is 15.9. The Hall–Kier alpha value is -0.450. The molecule has 0 unspecified atom stereocenters. The van der Waals surface area contributed by atoms with E-state index >= 15 is 0 Å². The van der Waals surface area contributed by atoms with Gasteiger partial charge in [-0.05, 0) is 24.7 Å². The van der Waals surface area contributed by atoms with E-state index in [-0.39, 0.29) is 12.0 Å². The van der Waals surface area contributed by atoms with Gasteiger partial charge >= 0.3 is 0 Å². The summed E-state index contributed by atoms with van der Waals surface area (Å²) in [5, 5.41) is 10.4. The average Bonchev–Trinajstić information content (AvgIpc) is 2.69. The molecule has 1 aliphatic rings. The quantitative estimate of drug-likeness (QED) is 0.834. The second kappa shape index (κ2) is 7.01. The fourth-order valence-corrected chi connectivity index (χ4v) is 3.77. The molecule has 0 bridgehead atoms. The highest BCUT2D eigenvalue weighted by atomic mass is 32.1. The molecule has 0 radical (unpaired) electrons. The Morgan fingerprint density at radius 3 is 2.70 bits per heavy atom. The van der Waals surface area contributed by atoms with Gasteiger partial charge in [-0.1, -0.05) is 27.2 Å².